The molecule has 0 aromatic heterocycles. The Kier molecular flexibility index (Phi) is 5.26. The second-order valence-electron chi connectivity index (χ2n) is 5.45. The number of carbonyl (C=O) groups is 1. The molecule has 2 nitrogen and oxygen atoms in total. The summed E-state index contributed by atoms with van der Waals surface area (Å²) in [7, 11) is 0. The molecule has 1 N–H and O–H groups in total. The number of halogens is 1. The zero-order valence-electron chi connectivity index (χ0n) is 11.5. The molecule has 0 aliphatic heterocycles. The Balaban J connectivity index is 1.80. The molecule has 1 aliphatic carbocycles. The minimum atomic E-state index is 0.158. The highest BCUT2D eigenvalue weighted by molar-refractivity contribution is 6.18. The topological polar surface area (TPSA) is 29.1 Å². The molecule has 0 heterocycles. The predicted molar refractivity (Wildman–Crippen MR) is 79.5 cm³/mol. The molecule has 1 aliphatic rings. The van der Waals surface area contributed by atoms with Crippen LogP contribution < -0.4 is 5.32 Å². The number of benzene rings is 1. The second kappa shape index (κ2) is 6.95. The van der Waals surface area contributed by atoms with E-state index in [1.165, 1.54) is 17.5 Å². The van der Waals surface area contributed by atoms with Crippen LogP contribution in [0.15, 0.2) is 24.3 Å². The van der Waals surface area contributed by atoms with Crippen molar-refractivity contribution in [1.82, 2.24) is 5.32 Å². The molecule has 1 amide bonds. The molecule has 2 unspecified atom stereocenters. The third kappa shape index (κ3) is 3.97. The van der Waals surface area contributed by atoms with Gasteiger partial charge in [-0.15, -0.1) is 11.6 Å². The van der Waals surface area contributed by atoms with E-state index in [2.05, 4.69) is 24.4 Å². The van der Waals surface area contributed by atoms with E-state index in [1.807, 2.05) is 12.1 Å². The summed E-state index contributed by atoms with van der Waals surface area (Å²) in [6, 6.07) is 8.54. The van der Waals surface area contributed by atoms with Crippen molar-refractivity contribution in [1.29, 1.82) is 0 Å². The Hall–Kier alpha value is -1.02. The zero-order valence-corrected chi connectivity index (χ0v) is 12.2. The molecular weight excluding hydrogens is 258 g/mol. The van der Waals surface area contributed by atoms with Gasteiger partial charge in [-0.2, -0.15) is 0 Å². The first-order chi connectivity index (χ1) is 9.20. The largest absolute Gasteiger partial charge is 0.353 e. The minimum Gasteiger partial charge on any atom is -0.353 e. The Morgan fingerprint density at radius 2 is 2.16 bits per heavy atom. The first-order valence-electron chi connectivity index (χ1n) is 7.10. The van der Waals surface area contributed by atoms with Gasteiger partial charge in [-0.1, -0.05) is 30.7 Å². The first-order valence-corrected chi connectivity index (χ1v) is 7.64. The van der Waals surface area contributed by atoms with Crippen molar-refractivity contribution in [3.05, 3.63) is 35.4 Å². The van der Waals surface area contributed by atoms with E-state index in [4.69, 9.17) is 11.6 Å². The molecule has 19 heavy (non-hydrogen) atoms. The number of hydrogen-bond acceptors (Lipinski definition) is 1. The van der Waals surface area contributed by atoms with E-state index in [-0.39, 0.29) is 5.91 Å². The molecule has 0 radical (unpaired) electrons. The molecule has 104 valence electrons. The number of rotatable bonds is 5. The molecular formula is C16H22ClNO. The number of hydrogen-bond donors (Lipinski definition) is 1. The summed E-state index contributed by atoms with van der Waals surface area (Å²) in [6.45, 7) is 2.09. The maximum atomic E-state index is 12.0. The van der Waals surface area contributed by atoms with E-state index in [1.54, 1.807) is 0 Å². The van der Waals surface area contributed by atoms with Gasteiger partial charge in [0, 0.05) is 18.3 Å². The monoisotopic (exact) mass is 279 g/mol. The second-order valence-corrected chi connectivity index (χ2v) is 5.75. The maximum Gasteiger partial charge on any atom is 0.220 e. The van der Waals surface area contributed by atoms with Gasteiger partial charge >= 0.3 is 0 Å². The summed E-state index contributed by atoms with van der Waals surface area (Å²) in [4.78, 5) is 12.0. The zero-order chi connectivity index (χ0) is 13.7. The normalized spacial score (nSPS) is 22.4. The molecule has 1 aromatic rings. The third-order valence-corrected chi connectivity index (χ3v) is 4.48. The Morgan fingerprint density at radius 3 is 2.89 bits per heavy atom. The van der Waals surface area contributed by atoms with Crippen LogP contribution in [0.2, 0.25) is 0 Å². The van der Waals surface area contributed by atoms with E-state index < -0.39 is 0 Å². The van der Waals surface area contributed by atoms with Crippen molar-refractivity contribution in [2.24, 2.45) is 5.92 Å². The number of alkyl halides is 1. The molecule has 1 saturated carbocycles. The molecule has 2 rings (SSSR count). The van der Waals surface area contributed by atoms with Crippen LogP contribution in [0, 0.1) is 12.8 Å². The fourth-order valence-corrected chi connectivity index (χ4v) is 3.20. The van der Waals surface area contributed by atoms with Crippen LogP contribution >= 0.6 is 11.6 Å². The van der Waals surface area contributed by atoms with Crippen LogP contribution in [0.1, 0.15) is 36.8 Å². The van der Waals surface area contributed by atoms with Crippen molar-refractivity contribution in [2.75, 3.05) is 5.88 Å². The quantitative estimate of drug-likeness (QED) is 0.822. The van der Waals surface area contributed by atoms with Gasteiger partial charge in [-0.3, -0.25) is 4.79 Å². The molecule has 0 spiro atoms. The van der Waals surface area contributed by atoms with Gasteiger partial charge < -0.3 is 5.32 Å². The fraction of sp³-hybridized carbons (Fsp3) is 0.562. The smallest absolute Gasteiger partial charge is 0.220 e. The molecule has 0 saturated heterocycles. The average molecular weight is 280 g/mol. The molecule has 1 fully saturated rings. The van der Waals surface area contributed by atoms with E-state index in [9.17, 15) is 4.79 Å². The summed E-state index contributed by atoms with van der Waals surface area (Å²) in [6.07, 6.45) is 4.78. The van der Waals surface area contributed by atoms with Crippen LogP contribution in [-0.2, 0) is 11.2 Å². The maximum absolute atomic E-state index is 12.0. The van der Waals surface area contributed by atoms with Gasteiger partial charge in [0.15, 0.2) is 0 Å². The first kappa shape index (κ1) is 14.4. The van der Waals surface area contributed by atoms with Gasteiger partial charge in [-0.25, -0.2) is 0 Å². The van der Waals surface area contributed by atoms with Crippen molar-refractivity contribution < 1.29 is 4.79 Å². The van der Waals surface area contributed by atoms with Crippen LogP contribution in [0.4, 0.5) is 0 Å². The Bertz CT molecular complexity index is 433. The Morgan fingerprint density at radius 1 is 1.37 bits per heavy atom. The fourth-order valence-electron chi connectivity index (χ4n) is 2.83. The van der Waals surface area contributed by atoms with Crippen LogP contribution in [0.5, 0.6) is 0 Å². The number of nitrogens with one attached hydrogen (secondary N) is 1. The van der Waals surface area contributed by atoms with Crippen LogP contribution in [0.3, 0.4) is 0 Å². The minimum absolute atomic E-state index is 0.158. The number of carbonyl (C=O) groups excluding carboxylic acids is 1. The lowest BCUT2D eigenvalue weighted by Crippen LogP contribution is -2.38. The lowest BCUT2D eigenvalue weighted by Gasteiger charge is -2.19. The SMILES string of the molecule is Cc1ccccc1CCC(=O)NC1CCCC1CCl. The van der Waals surface area contributed by atoms with E-state index in [0.29, 0.717) is 24.3 Å². The average Bonchev–Trinajstić information content (AvgIpc) is 2.85. The van der Waals surface area contributed by atoms with Crippen LogP contribution in [0.25, 0.3) is 0 Å². The van der Waals surface area contributed by atoms with Crippen molar-refractivity contribution in [2.45, 2.75) is 45.1 Å². The van der Waals surface area contributed by atoms with Crippen molar-refractivity contribution >= 4 is 17.5 Å². The molecule has 1 aromatic carbocycles. The summed E-state index contributed by atoms with van der Waals surface area (Å²) >= 11 is 5.93. The van der Waals surface area contributed by atoms with Gasteiger partial charge in [-0.05, 0) is 43.2 Å². The summed E-state index contributed by atoms with van der Waals surface area (Å²) in [5, 5.41) is 3.15. The van der Waals surface area contributed by atoms with Crippen LogP contribution in [-0.4, -0.2) is 17.8 Å². The summed E-state index contributed by atoms with van der Waals surface area (Å²) < 4.78 is 0. The predicted octanol–water partition coefficient (Wildman–Crippen LogP) is 3.45. The van der Waals surface area contributed by atoms with Gasteiger partial charge in [0.1, 0.15) is 0 Å². The molecule has 3 heteroatoms. The highest BCUT2D eigenvalue weighted by Crippen LogP contribution is 2.26. The number of amides is 1. The van der Waals surface area contributed by atoms with Crippen molar-refractivity contribution in [3.63, 3.8) is 0 Å². The lowest BCUT2D eigenvalue weighted by molar-refractivity contribution is -0.121. The lowest BCUT2D eigenvalue weighted by atomic mass is 10.0. The summed E-state index contributed by atoms with van der Waals surface area (Å²) in [5.41, 5.74) is 2.52. The van der Waals surface area contributed by atoms with E-state index in [0.717, 1.165) is 19.3 Å². The Labute approximate surface area is 120 Å². The molecule has 0 bridgehead atoms. The highest BCUT2D eigenvalue weighted by atomic mass is 35.5. The summed E-state index contributed by atoms with van der Waals surface area (Å²) in [5.74, 6) is 1.28. The van der Waals surface area contributed by atoms with Crippen molar-refractivity contribution in [3.8, 4) is 0 Å². The van der Waals surface area contributed by atoms with Gasteiger partial charge in [0.25, 0.3) is 0 Å². The highest BCUT2D eigenvalue weighted by Gasteiger charge is 2.27. The number of aryl methyl sites for hydroxylation is 2. The standard InChI is InChI=1S/C16H22ClNO/c1-12-5-2-3-6-13(12)9-10-16(19)18-15-8-4-7-14(15)11-17/h2-3,5-6,14-15H,4,7-11H2,1H3,(H,18,19). The van der Waals surface area contributed by atoms with E-state index >= 15 is 0 Å². The van der Waals surface area contributed by atoms with Gasteiger partial charge in [0.2, 0.25) is 5.91 Å². The molecule has 2 atom stereocenters. The third-order valence-electron chi connectivity index (χ3n) is 4.09. The van der Waals surface area contributed by atoms with Gasteiger partial charge in [0.05, 0.1) is 0 Å².